The molecule has 5 amide bonds. The summed E-state index contributed by atoms with van der Waals surface area (Å²) in [4.78, 5) is 39.3. The highest BCUT2D eigenvalue weighted by Crippen LogP contribution is 2.33. The van der Waals surface area contributed by atoms with Crippen LogP contribution >= 0.6 is 0 Å². The van der Waals surface area contributed by atoms with Gasteiger partial charge in [-0.25, -0.2) is 9.59 Å². The highest BCUT2D eigenvalue weighted by molar-refractivity contribution is 6.07. The van der Waals surface area contributed by atoms with Crippen molar-refractivity contribution in [2.24, 2.45) is 0 Å². The molecule has 3 heterocycles. The van der Waals surface area contributed by atoms with Crippen molar-refractivity contribution in [2.75, 3.05) is 38.7 Å². The summed E-state index contributed by atoms with van der Waals surface area (Å²) in [5.41, 5.74) is -0.260. The highest BCUT2D eigenvalue weighted by atomic mass is 16.6. The third-order valence-corrected chi connectivity index (χ3v) is 5.06. The first-order chi connectivity index (χ1) is 12.5. The van der Waals surface area contributed by atoms with E-state index in [1.54, 1.807) is 23.1 Å². The molecule has 0 aliphatic carbocycles. The number of benzene rings is 1. The molecule has 2 saturated heterocycles. The average molecular weight is 360 g/mol. The van der Waals surface area contributed by atoms with Gasteiger partial charge in [0.1, 0.15) is 18.8 Å². The summed E-state index contributed by atoms with van der Waals surface area (Å²) in [6, 6.07) is 4.61. The third-order valence-electron chi connectivity index (χ3n) is 5.06. The maximum atomic E-state index is 12.5. The Balaban J connectivity index is 1.38. The van der Waals surface area contributed by atoms with Gasteiger partial charge in [-0.3, -0.25) is 9.69 Å². The van der Waals surface area contributed by atoms with E-state index in [1.165, 1.54) is 7.05 Å². The van der Waals surface area contributed by atoms with Crippen molar-refractivity contribution >= 4 is 23.7 Å². The molecule has 4 rings (SSSR count). The van der Waals surface area contributed by atoms with E-state index in [4.69, 9.17) is 9.47 Å². The second-order valence-corrected chi connectivity index (χ2v) is 6.65. The zero-order chi connectivity index (χ0) is 18.3. The summed E-state index contributed by atoms with van der Waals surface area (Å²) in [6.45, 7) is 1.76. The fourth-order valence-corrected chi connectivity index (χ4v) is 3.51. The fraction of sp³-hybridized carbons (Fsp3) is 0.471. The van der Waals surface area contributed by atoms with E-state index >= 15 is 0 Å². The quantitative estimate of drug-likeness (QED) is 0.728. The molecular weight excluding hydrogens is 340 g/mol. The van der Waals surface area contributed by atoms with Crippen LogP contribution < -0.4 is 20.1 Å². The molecule has 0 atom stereocenters. The van der Waals surface area contributed by atoms with Gasteiger partial charge in [-0.2, -0.15) is 0 Å². The summed E-state index contributed by atoms with van der Waals surface area (Å²) >= 11 is 0. The Morgan fingerprint density at radius 2 is 1.85 bits per heavy atom. The lowest BCUT2D eigenvalue weighted by atomic mass is 9.87. The number of piperidine rings is 1. The molecule has 26 heavy (non-hydrogen) atoms. The number of imide groups is 1. The van der Waals surface area contributed by atoms with Gasteiger partial charge in [0.2, 0.25) is 0 Å². The predicted molar refractivity (Wildman–Crippen MR) is 91.3 cm³/mol. The van der Waals surface area contributed by atoms with E-state index in [0.29, 0.717) is 56.3 Å². The lowest BCUT2D eigenvalue weighted by Gasteiger charge is -2.37. The number of carbonyl (C=O) groups excluding carboxylic acids is 3. The molecule has 0 radical (unpaired) electrons. The van der Waals surface area contributed by atoms with E-state index in [1.807, 2.05) is 0 Å². The maximum absolute atomic E-state index is 12.5. The van der Waals surface area contributed by atoms with Crippen LogP contribution in [0.2, 0.25) is 0 Å². The van der Waals surface area contributed by atoms with Crippen molar-refractivity contribution in [3.63, 3.8) is 0 Å². The van der Waals surface area contributed by atoms with Gasteiger partial charge in [0.25, 0.3) is 5.91 Å². The van der Waals surface area contributed by atoms with Gasteiger partial charge in [-0.15, -0.1) is 0 Å². The molecule has 9 nitrogen and oxygen atoms in total. The predicted octanol–water partition coefficient (Wildman–Crippen LogP) is 1.01. The molecule has 0 bridgehead atoms. The van der Waals surface area contributed by atoms with Crippen LogP contribution in [0.4, 0.5) is 15.3 Å². The van der Waals surface area contributed by atoms with Crippen LogP contribution in [0.5, 0.6) is 11.5 Å². The first kappa shape index (κ1) is 16.5. The zero-order valence-corrected chi connectivity index (χ0v) is 14.4. The van der Waals surface area contributed by atoms with Crippen LogP contribution in [-0.4, -0.2) is 66.7 Å². The van der Waals surface area contributed by atoms with E-state index < -0.39 is 5.54 Å². The van der Waals surface area contributed by atoms with E-state index in [9.17, 15) is 14.4 Å². The molecule has 2 N–H and O–H groups in total. The smallest absolute Gasteiger partial charge is 0.324 e. The number of ether oxygens (including phenoxy) is 2. The minimum Gasteiger partial charge on any atom is -0.486 e. The van der Waals surface area contributed by atoms with Crippen molar-refractivity contribution in [3.05, 3.63) is 18.2 Å². The molecular formula is C17H20N4O5. The number of hydrogen-bond donors (Lipinski definition) is 2. The number of amides is 5. The number of hydrogen-bond acceptors (Lipinski definition) is 5. The average Bonchev–Trinajstić information content (AvgIpc) is 2.86. The molecule has 0 aromatic heterocycles. The number of likely N-dealkylation sites (tertiary alicyclic amines) is 1. The second kappa shape index (κ2) is 6.08. The largest absolute Gasteiger partial charge is 0.486 e. The number of nitrogens with zero attached hydrogens (tertiary/aromatic N) is 2. The van der Waals surface area contributed by atoms with Gasteiger partial charge in [-0.1, -0.05) is 0 Å². The van der Waals surface area contributed by atoms with Gasteiger partial charge >= 0.3 is 12.1 Å². The summed E-state index contributed by atoms with van der Waals surface area (Å²) in [6.07, 6.45) is 0.799. The molecule has 0 unspecified atom stereocenters. The Morgan fingerprint density at radius 3 is 2.50 bits per heavy atom. The fourth-order valence-electron chi connectivity index (χ4n) is 3.51. The Morgan fingerprint density at radius 1 is 1.15 bits per heavy atom. The first-order valence-electron chi connectivity index (χ1n) is 8.54. The van der Waals surface area contributed by atoms with Crippen molar-refractivity contribution in [1.29, 1.82) is 0 Å². The first-order valence-corrected chi connectivity index (χ1v) is 8.54. The van der Waals surface area contributed by atoms with Crippen LogP contribution in [0.1, 0.15) is 12.8 Å². The number of carbonyl (C=O) groups is 3. The topological polar surface area (TPSA) is 100 Å². The molecule has 2 fully saturated rings. The summed E-state index contributed by atoms with van der Waals surface area (Å²) in [5, 5.41) is 5.60. The number of rotatable bonds is 1. The molecule has 1 aromatic carbocycles. The van der Waals surface area contributed by atoms with Crippen molar-refractivity contribution < 1.29 is 23.9 Å². The van der Waals surface area contributed by atoms with Crippen LogP contribution in [0.3, 0.4) is 0 Å². The lowest BCUT2D eigenvalue weighted by molar-refractivity contribution is -0.131. The minimum absolute atomic E-state index is 0.227. The molecule has 9 heteroatoms. The maximum Gasteiger partial charge on any atom is 0.324 e. The molecule has 1 aromatic rings. The van der Waals surface area contributed by atoms with Crippen LogP contribution in [-0.2, 0) is 4.79 Å². The number of fused-ring (bicyclic) bond motifs is 1. The number of nitrogens with one attached hydrogen (secondary N) is 2. The van der Waals surface area contributed by atoms with E-state index in [0.717, 1.165) is 4.90 Å². The molecule has 0 saturated carbocycles. The van der Waals surface area contributed by atoms with Gasteiger partial charge in [0.15, 0.2) is 11.5 Å². The Hall–Kier alpha value is -2.97. The van der Waals surface area contributed by atoms with Gasteiger partial charge in [-0.05, 0) is 25.0 Å². The molecule has 3 aliphatic rings. The second-order valence-electron chi connectivity index (χ2n) is 6.65. The van der Waals surface area contributed by atoms with Crippen molar-refractivity contribution in [2.45, 2.75) is 18.4 Å². The summed E-state index contributed by atoms with van der Waals surface area (Å²) in [5.74, 6) is 1.04. The van der Waals surface area contributed by atoms with Crippen molar-refractivity contribution in [3.8, 4) is 11.5 Å². The Bertz CT molecular complexity index is 772. The van der Waals surface area contributed by atoms with Gasteiger partial charge < -0.3 is 25.0 Å². The monoisotopic (exact) mass is 360 g/mol. The Kier molecular flexibility index (Phi) is 3.86. The minimum atomic E-state index is -0.875. The van der Waals surface area contributed by atoms with E-state index in [2.05, 4.69) is 10.6 Å². The van der Waals surface area contributed by atoms with Gasteiger partial charge in [0.05, 0.1) is 0 Å². The van der Waals surface area contributed by atoms with Crippen LogP contribution in [0, 0.1) is 0 Å². The number of urea groups is 2. The molecule has 3 aliphatic heterocycles. The Labute approximate surface area is 150 Å². The molecule has 138 valence electrons. The summed E-state index contributed by atoms with van der Waals surface area (Å²) < 4.78 is 11.0. The number of anilines is 1. The lowest BCUT2D eigenvalue weighted by Crippen LogP contribution is -2.56. The SMILES string of the molecule is CN1C(=O)NC2(CCN(C(=O)Nc3ccc4c(c3)OCCO4)CC2)C1=O. The van der Waals surface area contributed by atoms with Gasteiger partial charge in [0, 0.05) is 31.9 Å². The normalized spacial score (nSPS) is 21.0. The third kappa shape index (κ3) is 2.69. The van der Waals surface area contributed by atoms with E-state index in [-0.39, 0.29) is 18.0 Å². The standard InChI is InChI=1S/C17H20N4O5/c1-20-14(22)17(19-16(20)24)4-6-21(7-5-17)15(23)18-11-2-3-12-13(10-11)26-9-8-25-12/h2-3,10H,4-9H2,1H3,(H,18,23)(H,19,24). The molecule has 1 spiro atoms. The van der Waals surface area contributed by atoms with Crippen molar-refractivity contribution in [1.82, 2.24) is 15.1 Å². The van der Waals surface area contributed by atoms with Crippen LogP contribution in [0.15, 0.2) is 18.2 Å². The summed E-state index contributed by atoms with van der Waals surface area (Å²) in [7, 11) is 1.47. The number of likely N-dealkylation sites (N-methyl/N-ethyl adjacent to an activating group) is 1. The highest BCUT2D eigenvalue weighted by Gasteiger charge is 2.51. The van der Waals surface area contributed by atoms with Crippen LogP contribution in [0.25, 0.3) is 0 Å². The zero-order valence-electron chi connectivity index (χ0n) is 14.4.